The fraction of sp³-hybridized carbons (Fsp3) is 0.520. The van der Waals surface area contributed by atoms with E-state index >= 15 is 0 Å². The molecule has 4 rings (SSSR count). The summed E-state index contributed by atoms with van der Waals surface area (Å²) < 4.78 is 18.3. The Hall–Kier alpha value is -2.00. The number of halogens is 2. The molecule has 1 N–H and O–H groups in total. The fourth-order valence-electron chi connectivity index (χ4n) is 4.69. The molecule has 1 aliphatic carbocycles. The van der Waals surface area contributed by atoms with Gasteiger partial charge in [-0.2, -0.15) is 0 Å². The van der Waals surface area contributed by atoms with E-state index in [1.54, 1.807) is 6.07 Å². The Bertz CT molecular complexity index is 1040. The van der Waals surface area contributed by atoms with Crippen molar-refractivity contribution in [1.82, 2.24) is 9.80 Å². The first-order valence-corrected chi connectivity index (χ1v) is 13.1. The van der Waals surface area contributed by atoms with E-state index in [9.17, 15) is 14.0 Å². The summed E-state index contributed by atoms with van der Waals surface area (Å²) in [5.74, 6) is -0.825. The first-order chi connectivity index (χ1) is 16.4. The number of benzene rings is 1. The molecule has 0 atom stereocenters. The molecule has 0 radical (unpaired) electrons. The average molecular weight is 508 g/mol. The van der Waals surface area contributed by atoms with Crippen molar-refractivity contribution in [2.45, 2.75) is 45.1 Å². The zero-order chi connectivity index (χ0) is 24.1. The topological polar surface area (TPSA) is 61.9 Å². The van der Waals surface area contributed by atoms with Crippen molar-refractivity contribution in [3.63, 3.8) is 0 Å². The second-order valence-electron chi connectivity index (χ2n) is 8.95. The number of piperazine rings is 1. The third kappa shape index (κ3) is 6.16. The highest BCUT2D eigenvalue weighted by atomic mass is 35.5. The van der Waals surface area contributed by atoms with Crippen LogP contribution in [-0.4, -0.2) is 61.5 Å². The van der Waals surface area contributed by atoms with Crippen LogP contribution in [-0.2, 0) is 28.9 Å². The summed E-state index contributed by atoms with van der Waals surface area (Å²) >= 11 is 7.69. The fourth-order valence-corrected chi connectivity index (χ4v) is 6.21. The highest BCUT2D eigenvalue weighted by molar-refractivity contribution is 7.17. The van der Waals surface area contributed by atoms with Crippen molar-refractivity contribution in [3.8, 4) is 0 Å². The van der Waals surface area contributed by atoms with Gasteiger partial charge in [0.1, 0.15) is 10.8 Å². The van der Waals surface area contributed by atoms with Gasteiger partial charge in [-0.25, -0.2) is 9.18 Å². The molecule has 1 saturated heterocycles. The number of ether oxygens (including phenoxy) is 1. The van der Waals surface area contributed by atoms with Crippen LogP contribution in [0, 0.1) is 5.82 Å². The van der Waals surface area contributed by atoms with Gasteiger partial charge in [-0.3, -0.25) is 14.6 Å². The number of aryl methyl sites for hydroxylation is 1. The Morgan fingerprint density at radius 2 is 1.79 bits per heavy atom. The van der Waals surface area contributed by atoms with E-state index in [0.717, 1.165) is 69.4 Å². The Labute approximate surface area is 209 Å². The minimum absolute atomic E-state index is 0.116. The van der Waals surface area contributed by atoms with Gasteiger partial charge < -0.3 is 10.1 Å². The van der Waals surface area contributed by atoms with Crippen molar-refractivity contribution in [2.24, 2.45) is 0 Å². The van der Waals surface area contributed by atoms with Crippen LogP contribution < -0.4 is 5.32 Å². The molecule has 0 spiro atoms. The summed E-state index contributed by atoms with van der Waals surface area (Å²) in [6.45, 7) is 4.01. The summed E-state index contributed by atoms with van der Waals surface area (Å²) in [5, 5.41) is 4.06. The summed E-state index contributed by atoms with van der Waals surface area (Å²) in [7, 11) is 1.39. The van der Waals surface area contributed by atoms with Crippen LogP contribution in [0.15, 0.2) is 18.2 Å². The number of nitrogens with zero attached hydrogens (tertiary/aromatic N) is 2. The highest BCUT2D eigenvalue weighted by Crippen LogP contribution is 2.37. The van der Waals surface area contributed by atoms with Gasteiger partial charge in [0.05, 0.1) is 19.2 Å². The molecule has 1 aromatic heterocycles. The van der Waals surface area contributed by atoms with Crippen LogP contribution in [0.1, 0.15) is 52.0 Å². The Kier molecular flexibility index (Phi) is 8.58. The molecule has 1 aliphatic heterocycles. The molecule has 6 nitrogen and oxygen atoms in total. The SMILES string of the molecule is COC(=O)c1c(NC(=O)CN2CCN(Cc3ccc(F)cc3Cl)CC2)sc2c1CCCCCC2. The van der Waals surface area contributed by atoms with E-state index in [0.29, 0.717) is 22.1 Å². The number of rotatable bonds is 6. The lowest BCUT2D eigenvalue weighted by molar-refractivity contribution is -0.117. The van der Waals surface area contributed by atoms with E-state index in [1.165, 1.54) is 41.9 Å². The molecule has 184 valence electrons. The van der Waals surface area contributed by atoms with Gasteiger partial charge in [0, 0.05) is 42.6 Å². The minimum Gasteiger partial charge on any atom is -0.465 e. The summed E-state index contributed by atoms with van der Waals surface area (Å²) in [5.41, 5.74) is 2.50. The summed E-state index contributed by atoms with van der Waals surface area (Å²) in [4.78, 5) is 31.0. The predicted octanol–water partition coefficient (Wildman–Crippen LogP) is 4.74. The molecule has 2 aromatic rings. The number of anilines is 1. The lowest BCUT2D eigenvalue weighted by atomic mass is 9.96. The van der Waals surface area contributed by atoms with E-state index in [1.807, 2.05) is 0 Å². The molecule has 1 amide bonds. The number of hydrogen-bond donors (Lipinski definition) is 1. The molecular weight excluding hydrogens is 477 g/mol. The largest absolute Gasteiger partial charge is 0.465 e. The zero-order valence-electron chi connectivity index (χ0n) is 19.5. The van der Waals surface area contributed by atoms with Gasteiger partial charge in [-0.1, -0.05) is 30.5 Å². The average Bonchev–Trinajstić information content (AvgIpc) is 3.12. The highest BCUT2D eigenvalue weighted by Gasteiger charge is 2.27. The second kappa shape index (κ2) is 11.6. The number of amides is 1. The number of thiophene rings is 1. The van der Waals surface area contributed by atoms with Gasteiger partial charge in [0.2, 0.25) is 5.91 Å². The molecule has 34 heavy (non-hydrogen) atoms. The van der Waals surface area contributed by atoms with Gasteiger partial charge in [-0.05, 0) is 48.9 Å². The van der Waals surface area contributed by atoms with Crippen molar-refractivity contribution in [3.05, 3.63) is 50.6 Å². The molecule has 2 aliphatic rings. The van der Waals surface area contributed by atoms with Crippen LogP contribution in [0.5, 0.6) is 0 Å². The van der Waals surface area contributed by atoms with Crippen LogP contribution >= 0.6 is 22.9 Å². The smallest absolute Gasteiger partial charge is 0.341 e. The number of nitrogens with one attached hydrogen (secondary N) is 1. The number of carbonyl (C=O) groups is 2. The van der Waals surface area contributed by atoms with Gasteiger partial charge in [0.15, 0.2) is 0 Å². The molecule has 9 heteroatoms. The Balaban J connectivity index is 1.34. The van der Waals surface area contributed by atoms with E-state index in [2.05, 4.69) is 15.1 Å². The maximum absolute atomic E-state index is 13.3. The number of esters is 1. The van der Waals surface area contributed by atoms with Gasteiger partial charge in [-0.15, -0.1) is 11.3 Å². The lowest BCUT2D eigenvalue weighted by Crippen LogP contribution is -2.48. The number of fused-ring (bicyclic) bond motifs is 1. The number of hydrogen-bond acceptors (Lipinski definition) is 6. The van der Waals surface area contributed by atoms with E-state index < -0.39 is 0 Å². The first kappa shape index (κ1) is 25.1. The standard InChI is InChI=1S/C25H31ClFN3O3S/c1-33-25(32)23-19-6-4-2-3-5-7-21(19)34-24(23)28-22(31)16-30-12-10-29(11-13-30)15-17-8-9-18(27)14-20(17)26/h8-9,14H,2-7,10-13,15-16H2,1H3,(H,28,31). The van der Waals surface area contributed by atoms with Crippen molar-refractivity contribution >= 4 is 39.8 Å². The van der Waals surface area contributed by atoms with Crippen molar-refractivity contribution < 1.29 is 18.7 Å². The molecule has 2 heterocycles. The molecule has 0 unspecified atom stereocenters. The quantitative estimate of drug-likeness (QED) is 0.572. The Morgan fingerprint density at radius 1 is 1.09 bits per heavy atom. The minimum atomic E-state index is -0.374. The number of methoxy groups -OCH3 is 1. The van der Waals surface area contributed by atoms with Gasteiger partial charge in [0.25, 0.3) is 0 Å². The second-order valence-corrected chi connectivity index (χ2v) is 10.5. The van der Waals surface area contributed by atoms with E-state index in [4.69, 9.17) is 16.3 Å². The maximum atomic E-state index is 13.3. The third-order valence-corrected chi connectivity index (χ3v) is 8.11. The zero-order valence-corrected chi connectivity index (χ0v) is 21.1. The predicted molar refractivity (Wildman–Crippen MR) is 133 cm³/mol. The molecule has 0 saturated carbocycles. The monoisotopic (exact) mass is 507 g/mol. The van der Waals surface area contributed by atoms with Crippen LogP contribution in [0.25, 0.3) is 0 Å². The Morgan fingerprint density at radius 3 is 2.50 bits per heavy atom. The van der Waals surface area contributed by atoms with E-state index in [-0.39, 0.29) is 24.2 Å². The van der Waals surface area contributed by atoms with Crippen molar-refractivity contribution in [2.75, 3.05) is 45.2 Å². The van der Waals surface area contributed by atoms with Crippen molar-refractivity contribution in [1.29, 1.82) is 0 Å². The molecule has 0 bridgehead atoms. The lowest BCUT2D eigenvalue weighted by Gasteiger charge is -2.34. The van der Waals surface area contributed by atoms with Crippen LogP contribution in [0.4, 0.5) is 9.39 Å². The van der Waals surface area contributed by atoms with Crippen LogP contribution in [0.2, 0.25) is 5.02 Å². The third-order valence-electron chi connectivity index (χ3n) is 6.55. The molecular formula is C25H31ClFN3O3S. The molecule has 1 aromatic carbocycles. The summed E-state index contributed by atoms with van der Waals surface area (Å²) in [6, 6.07) is 4.49. The molecule has 1 fully saturated rings. The summed E-state index contributed by atoms with van der Waals surface area (Å²) in [6.07, 6.45) is 6.32. The maximum Gasteiger partial charge on any atom is 0.341 e. The van der Waals surface area contributed by atoms with Gasteiger partial charge >= 0.3 is 5.97 Å². The van der Waals surface area contributed by atoms with Crippen LogP contribution in [0.3, 0.4) is 0 Å². The number of carbonyl (C=O) groups excluding carboxylic acids is 2. The first-order valence-electron chi connectivity index (χ1n) is 11.9. The normalized spacial score (nSPS) is 17.5.